The molecule has 1 N–H and O–H groups in total. The molecule has 2 saturated heterocycles. The van der Waals surface area contributed by atoms with Gasteiger partial charge in [-0.1, -0.05) is 26.0 Å². The Morgan fingerprint density at radius 1 is 1.27 bits per heavy atom. The molecule has 0 aliphatic carbocycles. The Bertz CT molecular complexity index is 671. The van der Waals surface area contributed by atoms with E-state index in [1.165, 1.54) is 5.56 Å². The average molecular weight is 376 g/mol. The van der Waals surface area contributed by atoms with E-state index in [4.69, 9.17) is 0 Å². The molecular weight excluding hydrogens is 346 g/mol. The van der Waals surface area contributed by atoms with E-state index in [0.29, 0.717) is 12.2 Å². The Hall–Kier alpha value is -1.53. The Labute approximate surface area is 160 Å². The van der Waals surface area contributed by atoms with E-state index in [1.54, 1.807) is 11.8 Å². The quantitative estimate of drug-likeness (QED) is 0.879. The summed E-state index contributed by atoms with van der Waals surface area (Å²) in [7, 11) is 2.11. The summed E-state index contributed by atoms with van der Waals surface area (Å²) in [5, 5.41) is 3.04. The lowest BCUT2D eigenvalue weighted by Gasteiger charge is -2.44. The van der Waals surface area contributed by atoms with E-state index in [2.05, 4.69) is 30.3 Å². The normalized spacial score (nSPS) is 22.6. The van der Waals surface area contributed by atoms with Crippen molar-refractivity contribution >= 4 is 29.3 Å². The van der Waals surface area contributed by atoms with Gasteiger partial charge in [-0.15, -0.1) is 11.8 Å². The number of piperidine rings is 1. The molecule has 6 heteroatoms. The number of nitrogens with one attached hydrogen (secondary N) is 1. The third-order valence-corrected chi connectivity index (χ3v) is 7.13. The molecule has 0 bridgehead atoms. The summed E-state index contributed by atoms with van der Waals surface area (Å²) in [5.41, 5.74) is 2.00. The molecule has 2 aliphatic rings. The zero-order valence-electron chi connectivity index (χ0n) is 16.0. The van der Waals surface area contributed by atoms with Crippen LogP contribution in [0.3, 0.4) is 0 Å². The van der Waals surface area contributed by atoms with Gasteiger partial charge in [0.1, 0.15) is 6.04 Å². The fraction of sp³-hybridized carbons (Fsp3) is 0.600. The molecular formula is C20H29N3O2S. The summed E-state index contributed by atoms with van der Waals surface area (Å²) in [6.45, 7) is 5.91. The van der Waals surface area contributed by atoms with Gasteiger partial charge in [-0.25, -0.2) is 0 Å². The number of hydrogen-bond donors (Lipinski definition) is 1. The van der Waals surface area contributed by atoms with Gasteiger partial charge in [0.15, 0.2) is 0 Å². The Morgan fingerprint density at radius 2 is 2.00 bits per heavy atom. The van der Waals surface area contributed by atoms with Crippen LogP contribution in [-0.4, -0.2) is 58.4 Å². The van der Waals surface area contributed by atoms with E-state index in [0.717, 1.165) is 38.0 Å². The number of rotatable bonds is 4. The van der Waals surface area contributed by atoms with E-state index in [9.17, 15) is 9.59 Å². The van der Waals surface area contributed by atoms with E-state index >= 15 is 0 Å². The van der Waals surface area contributed by atoms with Gasteiger partial charge < -0.3 is 15.1 Å². The van der Waals surface area contributed by atoms with Crippen molar-refractivity contribution in [3.8, 4) is 0 Å². The van der Waals surface area contributed by atoms with Gasteiger partial charge in [0, 0.05) is 31.0 Å². The number of nitrogens with zero attached hydrogens (tertiary/aromatic N) is 2. The molecule has 2 heterocycles. The smallest absolute Gasteiger partial charge is 0.248 e. The first-order chi connectivity index (χ1) is 12.5. The van der Waals surface area contributed by atoms with Gasteiger partial charge in [-0.2, -0.15) is 0 Å². The average Bonchev–Trinajstić information content (AvgIpc) is 3.03. The van der Waals surface area contributed by atoms with Crippen molar-refractivity contribution in [1.29, 1.82) is 0 Å². The summed E-state index contributed by atoms with van der Waals surface area (Å²) < 4.78 is 0. The van der Waals surface area contributed by atoms with E-state index in [1.807, 2.05) is 30.0 Å². The van der Waals surface area contributed by atoms with Crippen molar-refractivity contribution in [2.24, 2.45) is 0 Å². The van der Waals surface area contributed by atoms with Crippen LogP contribution in [0.5, 0.6) is 0 Å². The Morgan fingerprint density at radius 3 is 2.65 bits per heavy atom. The van der Waals surface area contributed by atoms with Crippen LogP contribution in [-0.2, 0) is 16.0 Å². The second-order valence-corrected chi connectivity index (χ2v) is 8.62. The lowest BCUT2D eigenvalue weighted by Crippen LogP contribution is -2.57. The third-order valence-electron chi connectivity index (χ3n) is 5.51. The first-order valence-electron chi connectivity index (χ1n) is 9.53. The zero-order chi connectivity index (χ0) is 18.7. The Balaban J connectivity index is 1.79. The van der Waals surface area contributed by atoms with Crippen LogP contribution in [0, 0.1) is 0 Å². The van der Waals surface area contributed by atoms with Gasteiger partial charge in [0.25, 0.3) is 0 Å². The van der Waals surface area contributed by atoms with Gasteiger partial charge in [0.2, 0.25) is 11.8 Å². The van der Waals surface area contributed by atoms with Gasteiger partial charge in [-0.05, 0) is 44.0 Å². The Kier molecular flexibility index (Phi) is 5.92. The van der Waals surface area contributed by atoms with Crippen LogP contribution in [0.1, 0.15) is 38.7 Å². The summed E-state index contributed by atoms with van der Waals surface area (Å²) in [5.74, 6) is 0.694. The maximum atomic E-state index is 13.0. The van der Waals surface area contributed by atoms with Crippen molar-refractivity contribution in [2.75, 3.05) is 31.2 Å². The molecule has 1 atom stereocenters. The lowest BCUT2D eigenvalue weighted by molar-refractivity contribution is -0.141. The van der Waals surface area contributed by atoms with Crippen molar-refractivity contribution in [3.05, 3.63) is 29.8 Å². The highest BCUT2D eigenvalue weighted by atomic mass is 32.2. The molecule has 2 amide bonds. The molecule has 1 unspecified atom stereocenters. The second kappa shape index (κ2) is 8.01. The molecule has 2 fully saturated rings. The number of anilines is 1. The van der Waals surface area contributed by atoms with Crippen molar-refractivity contribution < 1.29 is 9.59 Å². The first kappa shape index (κ1) is 19.2. The highest BCUT2D eigenvalue weighted by Gasteiger charge is 2.52. The number of thioether (sulfide) groups is 1. The number of amides is 2. The van der Waals surface area contributed by atoms with Crippen molar-refractivity contribution in [2.45, 2.75) is 50.4 Å². The predicted octanol–water partition coefficient (Wildman–Crippen LogP) is 2.96. The van der Waals surface area contributed by atoms with Crippen molar-refractivity contribution in [1.82, 2.24) is 9.80 Å². The maximum Gasteiger partial charge on any atom is 0.248 e. The SMILES string of the molecule is CCC(=O)N1C(C(=O)Nc2cccc(CC)c2)CSC12CCN(C)CC2. The molecule has 26 heavy (non-hydrogen) atoms. The molecule has 0 radical (unpaired) electrons. The number of benzene rings is 1. The number of hydrogen-bond acceptors (Lipinski definition) is 4. The van der Waals surface area contributed by atoms with Crippen LogP contribution >= 0.6 is 11.8 Å². The number of carbonyl (C=O) groups is 2. The number of carbonyl (C=O) groups excluding carboxylic acids is 2. The standard InChI is InChI=1S/C20H29N3O2S/c1-4-15-7-6-8-16(13-15)21-19(25)17-14-26-20(23(17)18(24)5-2)9-11-22(3)12-10-20/h6-8,13,17H,4-5,9-12,14H2,1-3H3,(H,21,25). The van der Waals surface area contributed by atoms with Gasteiger partial charge >= 0.3 is 0 Å². The molecule has 2 aliphatic heterocycles. The summed E-state index contributed by atoms with van der Waals surface area (Å²) >= 11 is 1.79. The minimum Gasteiger partial charge on any atom is -0.324 e. The van der Waals surface area contributed by atoms with E-state index in [-0.39, 0.29) is 22.7 Å². The highest BCUT2D eigenvalue weighted by Crippen LogP contribution is 2.47. The molecule has 142 valence electrons. The minimum absolute atomic E-state index is 0.0663. The number of likely N-dealkylation sites (tertiary alicyclic amines) is 1. The molecule has 0 saturated carbocycles. The van der Waals surface area contributed by atoms with E-state index < -0.39 is 0 Å². The molecule has 1 aromatic carbocycles. The zero-order valence-corrected chi connectivity index (χ0v) is 16.8. The largest absolute Gasteiger partial charge is 0.324 e. The summed E-state index contributed by atoms with van der Waals surface area (Å²) in [6.07, 6.45) is 3.22. The second-order valence-electron chi connectivity index (χ2n) is 7.24. The van der Waals surface area contributed by atoms with Crippen LogP contribution < -0.4 is 5.32 Å². The van der Waals surface area contributed by atoms with Crippen LogP contribution in [0.4, 0.5) is 5.69 Å². The third kappa shape index (κ3) is 3.76. The fourth-order valence-electron chi connectivity index (χ4n) is 3.87. The molecule has 0 aromatic heterocycles. The minimum atomic E-state index is -0.388. The highest BCUT2D eigenvalue weighted by molar-refractivity contribution is 8.01. The van der Waals surface area contributed by atoms with Gasteiger partial charge in [-0.3, -0.25) is 9.59 Å². The van der Waals surface area contributed by atoms with Gasteiger partial charge in [0.05, 0.1) is 4.87 Å². The lowest BCUT2D eigenvalue weighted by atomic mass is 10.00. The molecule has 5 nitrogen and oxygen atoms in total. The number of aryl methyl sites for hydroxylation is 1. The van der Waals surface area contributed by atoms with Crippen molar-refractivity contribution in [3.63, 3.8) is 0 Å². The van der Waals surface area contributed by atoms with Crippen LogP contribution in [0.2, 0.25) is 0 Å². The first-order valence-corrected chi connectivity index (χ1v) is 10.5. The molecule has 1 spiro atoms. The maximum absolute atomic E-state index is 13.0. The fourth-order valence-corrected chi connectivity index (χ4v) is 5.48. The summed E-state index contributed by atoms with van der Waals surface area (Å²) in [4.78, 5) is 29.7. The molecule has 3 rings (SSSR count). The predicted molar refractivity (Wildman–Crippen MR) is 107 cm³/mol. The summed E-state index contributed by atoms with van der Waals surface area (Å²) in [6, 6.07) is 7.56. The molecule has 1 aromatic rings. The van der Waals surface area contributed by atoms with Crippen LogP contribution in [0.25, 0.3) is 0 Å². The monoisotopic (exact) mass is 375 g/mol. The topological polar surface area (TPSA) is 52.7 Å². The van der Waals surface area contributed by atoms with Crippen LogP contribution in [0.15, 0.2) is 24.3 Å².